The van der Waals surface area contributed by atoms with Crippen molar-refractivity contribution in [3.63, 3.8) is 0 Å². The molecule has 34 heavy (non-hydrogen) atoms. The van der Waals surface area contributed by atoms with Gasteiger partial charge in [-0.3, -0.25) is 0 Å². The highest BCUT2D eigenvalue weighted by Gasteiger charge is 2.17. The van der Waals surface area contributed by atoms with E-state index in [4.69, 9.17) is 0 Å². The maximum absolute atomic E-state index is 12.4. The topological polar surface area (TPSA) is 127 Å². The summed E-state index contributed by atoms with van der Waals surface area (Å²) in [6.07, 6.45) is 1.88. The van der Waals surface area contributed by atoms with Crippen molar-refractivity contribution in [3.05, 3.63) is 87.7 Å². The van der Waals surface area contributed by atoms with E-state index < -0.39 is 0 Å². The highest BCUT2D eigenvalue weighted by Crippen LogP contribution is 2.32. The second-order valence-corrected chi connectivity index (χ2v) is 9.45. The smallest absolute Gasteiger partial charge is 0.246 e. The van der Waals surface area contributed by atoms with E-state index in [-0.39, 0.29) is 11.4 Å². The van der Waals surface area contributed by atoms with E-state index in [1.165, 1.54) is 44.4 Å². The van der Waals surface area contributed by atoms with Gasteiger partial charge in [0.2, 0.25) is 10.3 Å². The van der Waals surface area contributed by atoms with Gasteiger partial charge in [0.05, 0.1) is 11.4 Å². The summed E-state index contributed by atoms with van der Waals surface area (Å²) in [5.74, 6) is 0. The predicted molar refractivity (Wildman–Crippen MR) is 130 cm³/mol. The zero-order valence-electron chi connectivity index (χ0n) is 17.6. The van der Waals surface area contributed by atoms with Crippen LogP contribution in [0.1, 0.15) is 0 Å². The van der Waals surface area contributed by atoms with Gasteiger partial charge < -0.3 is 0 Å². The van der Waals surface area contributed by atoms with Crippen LogP contribution in [0.5, 0.6) is 0 Å². The lowest BCUT2D eigenvalue weighted by Gasteiger charge is -2.08. The molecule has 0 atom stereocenters. The van der Waals surface area contributed by atoms with Crippen LogP contribution < -0.4 is 11.4 Å². The Bertz CT molecular complexity index is 1430. The number of thioether (sulfide) groups is 1. The third kappa shape index (κ3) is 4.58. The monoisotopic (exact) mass is 508 g/mol. The van der Waals surface area contributed by atoms with Crippen LogP contribution in [0.15, 0.2) is 102 Å². The number of aromatic nitrogens is 8. The van der Waals surface area contributed by atoms with Crippen molar-refractivity contribution >= 4 is 35.3 Å². The standard InChI is InChI=1S/C21H16N8O2S3/c1-32-17-22-15(33-20-26-24-18(30)28(20)13-8-4-2-5-9-13)12-16(23-17)34-21-27-25-19(31)29(21)14-10-6-3-7-11-14/h2-12H,1H3,(H,24,30)(H,25,31). The maximum atomic E-state index is 12.4. The zero-order valence-corrected chi connectivity index (χ0v) is 20.0. The Balaban J connectivity index is 1.49. The summed E-state index contributed by atoms with van der Waals surface area (Å²) in [4.78, 5) is 33.9. The minimum Gasteiger partial charge on any atom is -0.246 e. The Labute approximate surface area is 205 Å². The average Bonchev–Trinajstić information content (AvgIpc) is 3.41. The van der Waals surface area contributed by atoms with Gasteiger partial charge in [-0.25, -0.2) is 38.9 Å². The van der Waals surface area contributed by atoms with Crippen molar-refractivity contribution in [2.45, 2.75) is 25.5 Å². The van der Waals surface area contributed by atoms with E-state index in [1.54, 1.807) is 6.07 Å². The quantitative estimate of drug-likeness (QED) is 0.193. The summed E-state index contributed by atoms with van der Waals surface area (Å²) in [5.41, 5.74) is 0.707. The van der Waals surface area contributed by atoms with Crippen molar-refractivity contribution in [2.75, 3.05) is 6.26 Å². The average molecular weight is 509 g/mol. The van der Waals surface area contributed by atoms with Crippen LogP contribution in [-0.2, 0) is 0 Å². The van der Waals surface area contributed by atoms with Gasteiger partial charge in [-0.15, -0.1) is 10.2 Å². The molecular weight excluding hydrogens is 492 g/mol. The summed E-state index contributed by atoms with van der Waals surface area (Å²) in [6, 6.07) is 20.3. The molecule has 170 valence electrons. The zero-order chi connectivity index (χ0) is 23.5. The molecule has 5 aromatic rings. The third-order valence-electron chi connectivity index (χ3n) is 4.54. The Kier molecular flexibility index (Phi) is 6.38. The van der Waals surface area contributed by atoms with Crippen molar-refractivity contribution in [3.8, 4) is 11.4 Å². The molecule has 0 aliphatic heterocycles. The number of rotatable bonds is 7. The first-order chi connectivity index (χ1) is 16.6. The van der Waals surface area contributed by atoms with E-state index in [0.29, 0.717) is 36.9 Å². The molecule has 0 saturated heterocycles. The van der Waals surface area contributed by atoms with E-state index in [1.807, 2.05) is 66.9 Å². The molecule has 0 radical (unpaired) electrons. The molecule has 0 unspecified atom stereocenters. The van der Waals surface area contributed by atoms with Gasteiger partial charge in [-0.05, 0) is 54.0 Å². The fourth-order valence-corrected chi connectivity index (χ4v) is 5.37. The second kappa shape index (κ2) is 9.75. The van der Waals surface area contributed by atoms with Gasteiger partial charge in [0.25, 0.3) is 0 Å². The molecule has 0 aliphatic carbocycles. The summed E-state index contributed by atoms with van der Waals surface area (Å²) >= 11 is 3.86. The lowest BCUT2D eigenvalue weighted by molar-refractivity contribution is 0.811. The molecule has 0 aliphatic rings. The van der Waals surface area contributed by atoms with Crippen molar-refractivity contribution in [1.82, 2.24) is 39.5 Å². The molecule has 0 amide bonds. The molecule has 0 saturated carbocycles. The van der Waals surface area contributed by atoms with E-state index in [2.05, 4.69) is 30.4 Å². The number of H-pyrrole nitrogens is 2. The number of hydrogen-bond donors (Lipinski definition) is 2. The van der Waals surface area contributed by atoms with Crippen LogP contribution in [-0.4, -0.2) is 45.8 Å². The van der Waals surface area contributed by atoms with E-state index >= 15 is 0 Å². The molecule has 10 nitrogen and oxygen atoms in total. The Morgan fingerprint density at radius 1 is 0.706 bits per heavy atom. The molecule has 3 aromatic heterocycles. The maximum Gasteiger partial charge on any atom is 0.348 e. The van der Waals surface area contributed by atoms with Crippen LogP contribution in [0.25, 0.3) is 11.4 Å². The number of nitrogens with zero attached hydrogens (tertiary/aromatic N) is 6. The minimum atomic E-state index is -0.342. The first-order valence-electron chi connectivity index (χ1n) is 9.87. The summed E-state index contributed by atoms with van der Waals surface area (Å²) in [5, 5.41) is 16.0. The summed E-state index contributed by atoms with van der Waals surface area (Å²) < 4.78 is 2.97. The van der Waals surface area contributed by atoms with Crippen LogP contribution in [0.4, 0.5) is 0 Å². The van der Waals surface area contributed by atoms with Gasteiger partial charge in [-0.2, -0.15) is 0 Å². The van der Waals surface area contributed by atoms with Crippen LogP contribution >= 0.6 is 35.3 Å². The van der Waals surface area contributed by atoms with Crippen LogP contribution in [0.3, 0.4) is 0 Å². The van der Waals surface area contributed by atoms with Gasteiger partial charge in [0.15, 0.2) is 5.16 Å². The molecular formula is C21H16N8O2S3. The highest BCUT2D eigenvalue weighted by molar-refractivity contribution is 8.00. The Morgan fingerprint density at radius 2 is 1.15 bits per heavy atom. The second-order valence-electron chi connectivity index (χ2n) is 6.70. The lowest BCUT2D eigenvalue weighted by atomic mass is 10.3. The third-order valence-corrected chi connectivity index (χ3v) is 6.84. The Hall–Kier alpha value is -3.55. The predicted octanol–water partition coefficient (Wildman–Crippen LogP) is 3.25. The molecule has 5 rings (SSSR count). The summed E-state index contributed by atoms with van der Waals surface area (Å²) in [7, 11) is 0. The van der Waals surface area contributed by atoms with Crippen LogP contribution in [0.2, 0.25) is 0 Å². The molecule has 13 heteroatoms. The van der Waals surface area contributed by atoms with Gasteiger partial charge in [0.1, 0.15) is 10.1 Å². The van der Waals surface area contributed by atoms with Crippen molar-refractivity contribution in [2.24, 2.45) is 0 Å². The molecule has 2 aromatic carbocycles. The number of para-hydroxylation sites is 2. The first kappa shape index (κ1) is 22.3. The summed E-state index contributed by atoms with van der Waals surface area (Å²) in [6.45, 7) is 0. The fourth-order valence-electron chi connectivity index (χ4n) is 3.08. The van der Waals surface area contributed by atoms with Crippen LogP contribution in [0, 0.1) is 0 Å². The lowest BCUT2D eigenvalue weighted by Crippen LogP contribution is -2.15. The molecule has 0 bridgehead atoms. The first-order valence-corrected chi connectivity index (χ1v) is 12.7. The molecule has 3 heterocycles. The van der Waals surface area contributed by atoms with Crippen molar-refractivity contribution in [1.29, 1.82) is 0 Å². The molecule has 2 N–H and O–H groups in total. The van der Waals surface area contributed by atoms with E-state index in [0.717, 1.165) is 0 Å². The van der Waals surface area contributed by atoms with Crippen molar-refractivity contribution < 1.29 is 0 Å². The molecule has 0 spiro atoms. The SMILES string of the molecule is CSc1nc(Sc2n[nH]c(=O)n2-c2ccccc2)cc(Sc2n[nH]c(=O)n2-c2ccccc2)n1. The van der Waals surface area contributed by atoms with Gasteiger partial charge in [-0.1, -0.05) is 48.2 Å². The number of nitrogens with one attached hydrogen (secondary N) is 2. The minimum absolute atomic E-state index is 0.342. The van der Waals surface area contributed by atoms with Gasteiger partial charge in [0, 0.05) is 6.07 Å². The number of hydrogen-bond acceptors (Lipinski definition) is 9. The highest BCUT2D eigenvalue weighted by atomic mass is 32.2. The molecule has 0 fully saturated rings. The number of aromatic amines is 2. The normalized spacial score (nSPS) is 11.1. The van der Waals surface area contributed by atoms with Gasteiger partial charge >= 0.3 is 11.4 Å². The number of benzene rings is 2. The van der Waals surface area contributed by atoms with E-state index in [9.17, 15) is 9.59 Å². The largest absolute Gasteiger partial charge is 0.348 e. The fraction of sp³-hybridized carbons (Fsp3) is 0.0476. The Morgan fingerprint density at radius 3 is 1.56 bits per heavy atom.